The van der Waals surface area contributed by atoms with Gasteiger partial charge in [0.05, 0.1) is 19.7 Å². The Bertz CT molecular complexity index is 521. The van der Waals surface area contributed by atoms with E-state index in [4.69, 9.17) is 4.74 Å². The molecule has 2 heteroatoms. The van der Waals surface area contributed by atoms with Crippen LogP contribution in [0.1, 0.15) is 30.9 Å². The van der Waals surface area contributed by atoms with Crippen LogP contribution in [0.25, 0.3) is 0 Å². The quantitative estimate of drug-likeness (QED) is 0.831. The van der Waals surface area contributed by atoms with Crippen LogP contribution in [0.3, 0.4) is 0 Å². The Morgan fingerprint density at radius 2 is 1.62 bits per heavy atom. The molecule has 2 aromatic carbocycles. The fourth-order valence-corrected chi connectivity index (χ4v) is 2.57. The van der Waals surface area contributed by atoms with E-state index < -0.39 is 0 Å². The van der Waals surface area contributed by atoms with Gasteiger partial charge < -0.3 is 10.1 Å². The molecule has 0 spiro atoms. The second-order valence-corrected chi connectivity index (χ2v) is 5.81. The number of methoxy groups -OCH3 is 1. The van der Waals surface area contributed by atoms with E-state index in [0.29, 0.717) is 12.0 Å². The van der Waals surface area contributed by atoms with Gasteiger partial charge in [-0.25, -0.2) is 0 Å². The van der Waals surface area contributed by atoms with Gasteiger partial charge in [-0.1, -0.05) is 49.4 Å². The van der Waals surface area contributed by atoms with Crippen LogP contribution in [-0.2, 0) is 6.42 Å². The monoisotopic (exact) mass is 284 g/mol. The zero-order valence-corrected chi connectivity index (χ0v) is 13.3. The molecule has 2 rings (SSSR count). The Balaban J connectivity index is 1.80. The molecule has 2 atom stereocenters. The fraction of sp³-hybridized carbons (Fsp3) is 0.368. The summed E-state index contributed by atoms with van der Waals surface area (Å²) in [7, 11) is 1.70. The van der Waals surface area contributed by atoms with Crippen molar-refractivity contribution in [1.82, 2.24) is 0 Å². The van der Waals surface area contributed by atoms with E-state index in [1.165, 1.54) is 11.1 Å². The molecule has 0 saturated carbocycles. The van der Waals surface area contributed by atoms with Crippen LogP contribution in [0.4, 0.5) is 0 Å². The molecular formula is C19H26NO+. The molecule has 2 aromatic rings. The average molecular weight is 284 g/mol. The van der Waals surface area contributed by atoms with Crippen molar-refractivity contribution in [2.75, 3.05) is 13.7 Å². The highest BCUT2D eigenvalue weighted by Crippen LogP contribution is 2.13. The summed E-state index contributed by atoms with van der Waals surface area (Å²) in [6.45, 7) is 5.72. The van der Waals surface area contributed by atoms with E-state index >= 15 is 0 Å². The van der Waals surface area contributed by atoms with Gasteiger partial charge in [0.15, 0.2) is 0 Å². The molecule has 112 valence electrons. The van der Waals surface area contributed by atoms with Crippen LogP contribution in [0.2, 0.25) is 0 Å². The van der Waals surface area contributed by atoms with E-state index in [1.807, 2.05) is 12.1 Å². The third-order valence-electron chi connectivity index (χ3n) is 3.98. The van der Waals surface area contributed by atoms with Crippen LogP contribution in [0.5, 0.6) is 5.75 Å². The Morgan fingerprint density at radius 1 is 0.952 bits per heavy atom. The van der Waals surface area contributed by atoms with Crippen LogP contribution in [0, 0.1) is 0 Å². The topological polar surface area (TPSA) is 25.8 Å². The molecule has 0 aliphatic rings. The van der Waals surface area contributed by atoms with Gasteiger partial charge in [0.1, 0.15) is 5.75 Å². The van der Waals surface area contributed by atoms with Crippen LogP contribution in [0.15, 0.2) is 54.6 Å². The first kappa shape index (κ1) is 15.6. The molecule has 0 unspecified atom stereocenters. The minimum atomic E-state index is 0.588. The lowest BCUT2D eigenvalue weighted by Gasteiger charge is -2.15. The molecular weight excluding hydrogens is 258 g/mol. The molecule has 0 saturated heterocycles. The van der Waals surface area contributed by atoms with Crippen LogP contribution >= 0.6 is 0 Å². The third kappa shape index (κ3) is 4.91. The number of nitrogens with two attached hydrogens (primary N) is 1. The molecule has 0 radical (unpaired) electrons. The lowest BCUT2D eigenvalue weighted by molar-refractivity contribution is -0.687. The lowest BCUT2D eigenvalue weighted by atomic mass is 10.0. The molecule has 2 N–H and O–H groups in total. The van der Waals surface area contributed by atoms with Crippen LogP contribution < -0.4 is 10.1 Å². The summed E-state index contributed by atoms with van der Waals surface area (Å²) < 4.78 is 5.19. The second kappa shape index (κ2) is 7.84. The minimum absolute atomic E-state index is 0.588. The summed E-state index contributed by atoms with van der Waals surface area (Å²) in [4.78, 5) is 0. The fourth-order valence-electron chi connectivity index (χ4n) is 2.57. The van der Waals surface area contributed by atoms with Gasteiger partial charge in [-0.2, -0.15) is 0 Å². The van der Waals surface area contributed by atoms with Gasteiger partial charge in [0.25, 0.3) is 0 Å². The third-order valence-corrected chi connectivity index (χ3v) is 3.98. The number of ether oxygens (including phenoxy) is 1. The molecule has 2 nitrogen and oxygen atoms in total. The summed E-state index contributed by atoms with van der Waals surface area (Å²) in [5, 5.41) is 2.45. The number of hydrogen-bond acceptors (Lipinski definition) is 1. The summed E-state index contributed by atoms with van der Waals surface area (Å²) in [6.07, 6.45) is 1.09. The molecule has 0 aliphatic heterocycles. The highest BCUT2D eigenvalue weighted by molar-refractivity contribution is 5.27. The Morgan fingerprint density at radius 3 is 2.24 bits per heavy atom. The Labute approximate surface area is 128 Å². The first-order valence-corrected chi connectivity index (χ1v) is 7.70. The normalized spacial score (nSPS) is 13.7. The zero-order valence-electron chi connectivity index (χ0n) is 13.3. The van der Waals surface area contributed by atoms with Gasteiger partial charge in [-0.05, 0) is 30.2 Å². The van der Waals surface area contributed by atoms with Crippen molar-refractivity contribution < 1.29 is 10.1 Å². The van der Waals surface area contributed by atoms with Crippen molar-refractivity contribution in [3.63, 3.8) is 0 Å². The van der Waals surface area contributed by atoms with Crippen molar-refractivity contribution in [2.45, 2.75) is 32.2 Å². The molecule has 0 amide bonds. The summed E-state index contributed by atoms with van der Waals surface area (Å²) >= 11 is 0. The standard InChI is InChI=1S/C19H25NO/c1-15(18-7-5-4-6-8-18)14-20-16(2)13-17-9-11-19(21-3)12-10-17/h4-12,15-16,20H,13-14H2,1-3H3/p+1/t15-,16+/m0/s1. The molecule has 0 heterocycles. The van der Waals surface area contributed by atoms with Gasteiger partial charge in [-0.3, -0.25) is 0 Å². The maximum absolute atomic E-state index is 5.19. The van der Waals surface area contributed by atoms with E-state index in [1.54, 1.807) is 7.11 Å². The maximum atomic E-state index is 5.19. The summed E-state index contributed by atoms with van der Waals surface area (Å²) in [5.41, 5.74) is 2.79. The van der Waals surface area contributed by atoms with Crippen molar-refractivity contribution in [3.05, 3.63) is 65.7 Å². The lowest BCUT2D eigenvalue weighted by Crippen LogP contribution is -2.90. The Hall–Kier alpha value is -1.80. The molecule has 0 aromatic heterocycles. The van der Waals surface area contributed by atoms with Crippen molar-refractivity contribution in [2.24, 2.45) is 0 Å². The smallest absolute Gasteiger partial charge is 0.118 e. The van der Waals surface area contributed by atoms with E-state index in [0.717, 1.165) is 18.7 Å². The largest absolute Gasteiger partial charge is 0.497 e. The van der Waals surface area contributed by atoms with Gasteiger partial charge in [0.2, 0.25) is 0 Å². The van der Waals surface area contributed by atoms with Gasteiger partial charge >= 0.3 is 0 Å². The van der Waals surface area contributed by atoms with Gasteiger partial charge in [-0.15, -0.1) is 0 Å². The van der Waals surface area contributed by atoms with Crippen LogP contribution in [-0.4, -0.2) is 19.7 Å². The number of hydrogen-bond donors (Lipinski definition) is 1. The van der Waals surface area contributed by atoms with Gasteiger partial charge in [0, 0.05) is 12.3 Å². The van der Waals surface area contributed by atoms with E-state index in [-0.39, 0.29) is 0 Å². The highest BCUT2D eigenvalue weighted by atomic mass is 16.5. The predicted molar refractivity (Wildman–Crippen MR) is 87.8 cm³/mol. The first-order valence-electron chi connectivity index (χ1n) is 7.70. The zero-order chi connectivity index (χ0) is 15.1. The molecule has 21 heavy (non-hydrogen) atoms. The molecule has 0 bridgehead atoms. The second-order valence-electron chi connectivity index (χ2n) is 5.81. The van der Waals surface area contributed by atoms with E-state index in [2.05, 4.69) is 61.6 Å². The maximum Gasteiger partial charge on any atom is 0.118 e. The van der Waals surface area contributed by atoms with Crippen molar-refractivity contribution in [1.29, 1.82) is 0 Å². The van der Waals surface area contributed by atoms with Crippen molar-refractivity contribution in [3.8, 4) is 5.75 Å². The van der Waals surface area contributed by atoms with Crippen molar-refractivity contribution >= 4 is 0 Å². The number of rotatable bonds is 7. The summed E-state index contributed by atoms with van der Waals surface area (Å²) in [6, 6.07) is 19.7. The summed E-state index contributed by atoms with van der Waals surface area (Å²) in [5.74, 6) is 1.51. The highest BCUT2D eigenvalue weighted by Gasteiger charge is 2.11. The number of quaternary nitrogens is 1. The average Bonchev–Trinajstić information content (AvgIpc) is 2.54. The Kier molecular flexibility index (Phi) is 5.82. The SMILES string of the molecule is COc1ccc(C[C@@H](C)[NH2+]C[C@H](C)c2ccccc2)cc1. The molecule has 0 aliphatic carbocycles. The van der Waals surface area contributed by atoms with E-state index in [9.17, 15) is 0 Å². The molecule has 0 fully saturated rings. The number of benzene rings is 2. The first-order chi connectivity index (χ1) is 10.2. The predicted octanol–water partition coefficient (Wildman–Crippen LogP) is 2.99. The minimum Gasteiger partial charge on any atom is -0.497 e.